The second kappa shape index (κ2) is 7.50. The summed E-state index contributed by atoms with van der Waals surface area (Å²) in [5, 5.41) is 0. The molecule has 0 N–H and O–H groups in total. The predicted molar refractivity (Wildman–Crippen MR) is 81.6 cm³/mol. The molecule has 0 atom stereocenters. The molecule has 0 aliphatic carbocycles. The molecular weight excluding hydrogens is 252 g/mol. The number of likely N-dealkylation sites (N-methyl/N-ethyl adjacent to an activating group) is 1. The molecular formula is C16H26N2O2. The zero-order chi connectivity index (χ0) is 14.4. The summed E-state index contributed by atoms with van der Waals surface area (Å²) in [5.74, 6) is 1.68. The van der Waals surface area contributed by atoms with E-state index in [9.17, 15) is 0 Å². The summed E-state index contributed by atoms with van der Waals surface area (Å²) < 4.78 is 11.1. The molecule has 4 nitrogen and oxygen atoms in total. The molecule has 0 saturated carbocycles. The summed E-state index contributed by atoms with van der Waals surface area (Å²) in [6.45, 7) is 8.38. The standard InChI is InChI=1S/C16H26N2O2/c1-4-11-20-15-6-5-14(12-16(15)19-3)13-18-9-7-17(2)8-10-18/h5-6,12H,4,7-11,13H2,1-3H3. The van der Waals surface area contributed by atoms with Gasteiger partial charge < -0.3 is 14.4 Å². The number of hydrogen-bond acceptors (Lipinski definition) is 4. The van der Waals surface area contributed by atoms with Crippen LogP contribution in [0.4, 0.5) is 0 Å². The summed E-state index contributed by atoms with van der Waals surface area (Å²) in [6.07, 6.45) is 1.01. The van der Waals surface area contributed by atoms with Gasteiger partial charge in [0.2, 0.25) is 0 Å². The zero-order valence-electron chi connectivity index (χ0n) is 12.9. The van der Waals surface area contributed by atoms with Crippen molar-refractivity contribution in [1.82, 2.24) is 9.80 Å². The van der Waals surface area contributed by atoms with E-state index in [1.807, 2.05) is 6.07 Å². The lowest BCUT2D eigenvalue weighted by molar-refractivity contribution is 0.148. The minimum Gasteiger partial charge on any atom is -0.493 e. The lowest BCUT2D eigenvalue weighted by Crippen LogP contribution is -2.43. The van der Waals surface area contributed by atoms with Gasteiger partial charge in [-0.05, 0) is 31.2 Å². The lowest BCUT2D eigenvalue weighted by atomic mass is 10.1. The smallest absolute Gasteiger partial charge is 0.161 e. The Hall–Kier alpha value is -1.26. The van der Waals surface area contributed by atoms with Crippen LogP contribution in [0.15, 0.2) is 18.2 Å². The van der Waals surface area contributed by atoms with Gasteiger partial charge in [-0.2, -0.15) is 0 Å². The molecule has 0 unspecified atom stereocenters. The number of methoxy groups -OCH3 is 1. The summed E-state index contributed by atoms with van der Waals surface area (Å²) in [4.78, 5) is 4.86. The summed E-state index contributed by atoms with van der Waals surface area (Å²) >= 11 is 0. The first-order valence-corrected chi connectivity index (χ1v) is 7.43. The SMILES string of the molecule is CCCOc1ccc(CN2CCN(C)CC2)cc1OC. The second-order valence-electron chi connectivity index (χ2n) is 5.41. The van der Waals surface area contributed by atoms with Crippen molar-refractivity contribution in [1.29, 1.82) is 0 Å². The minimum absolute atomic E-state index is 0.730. The molecule has 1 aromatic carbocycles. The van der Waals surface area contributed by atoms with Gasteiger partial charge in [-0.3, -0.25) is 4.90 Å². The van der Waals surface area contributed by atoms with Gasteiger partial charge in [-0.1, -0.05) is 13.0 Å². The molecule has 1 aliphatic heterocycles. The first kappa shape index (κ1) is 15.1. The molecule has 4 heteroatoms. The van der Waals surface area contributed by atoms with Gasteiger partial charge in [0.1, 0.15) is 0 Å². The van der Waals surface area contributed by atoms with Crippen LogP contribution in [0.25, 0.3) is 0 Å². The Labute approximate surface area is 122 Å². The van der Waals surface area contributed by atoms with Crippen molar-refractivity contribution in [3.63, 3.8) is 0 Å². The molecule has 1 aliphatic rings. The molecule has 0 bridgehead atoms. The number of hydrogen-bond donors (Lipinski definition) is 0. The summed E-state index contributed by atoms with van der Waals surface area (Å²) in [5.41, 5.74) is 1.29. The number of nitrogens with zero attached hydrogens (tertiary/aromatic N) is 2. The van der Waals surface area contributed by atoms with Crippen LogP contribution in [-0.2, 0) is 6.54 Å². The van der Waals surface area contributed by atoms with E-state index < -0.39 is 0 Å². The van der Waals surface area contributed by atoms with Crippen LogP contribution < -0.4 is 9.47 Å². The van der Waals surface area contributed by atoms with Crippen LogP contribution in [-0.4, -0.2) is 56.7 Å². The molecule has 20 heavy (non-hydrogen) atoms. The quantitative estimate of drug-likeness (QED) is 0.796. The first-order valence-electron chi connectivity index (χ1n) is 7.43. The van der Waals surface area contributed by atoms with E-state index in [4.69, 9.17) is 9.47 Å². The van der Waals surface area contributed by atoms with E-state index in [-0.39, 0.29) is 0 Å². The van der Waals surface area contributed by atoms with Gasteiger partial charge >= 0.3 is 0 Å². The van der Waals surface area contributed by atoms with Gasteiger partial charge in [0, 0.05) is 32.7 Å². The number of ether oxygens (including phenoxy) is 2. The van der Waals surface area contributed by atoms with Crippen LogP contribution in [0, 0.1) is 0 Å². The molecule has 112 valence electrons. The predicted octanol–water partition coefficient (Wildman–Crippen LogP) is 2.23. The number of piperazine rings is 1. The number of benzene rings is 1. The van der Waals surface area contributed by atoms with E-state index in [0.29, 0.717) is 0 Å². The second-order valence-corrected chi connectivity index (χ2v) is 5.41. The van der Waals surface area contributed by atoms with E-state index in [0.717, 1.165) is 57.3 Å². The Balaban J connectivity index is 1.98. The normalized spacial score (nSPS) is 17.1. The minimum atomic E-state index is 0.730. The monoisotopic (exact) mass is 278 g/mol. The third-order valence-electron chi connectivity index (χ3n) is 3.69. The molecule has 1 heterocycles. The van der Waals surface area contributed by atoms with E-state index >= 15 is 0 Å². The van der Waals surface area contributed by atoms with Crippen molar-refractivity contribution < 1.29 is 9.47 Å². The number of rotatable bonds is 6. The van der Waals surface area contributed by atoms with Crippen LogP contribution >= 0.6 is 0 Å². The third-order valence-corrected chi connectivity index (χ3v) is 3.69. The molecule has 1 saturated heterocycles. The highest BCUT2D eigenvalue weighted by molar-refractivity contribution is 5.43. The maximum atomic E-state index is 5.69. The van der Waals surface area contributed by atoms with Crippen molar-refractivity contribution in [3.8, 4) is 11.5 Å². The van der Waals surface area contributed by atoms with E-state index in [2.05, 4.69) is 35.9 Å². The average molecular weight is 278 g/mol. The fraction of sp³-hybridized carbons (Fsp3) is 0.625. The van der Waals surface area contributed by atoms with Crippen molar-refractivity contribution in [2.24, 2.45) is 0 Å². The van der Waals surface area contributed by atoms with Crippen LogP contribution in [0.1, 0.15) is 18.9 Å². The highest BCUT2D eigenvalue weighted by Crippen LogP contribution is 2.28. The first-order chi connectivity index (χ1) is 9.72. The topological polar surface area (TPSA) is 24.9 Å². The summed E-state index contributed by atoms with van der Waals surface area (Å²) in [6, 6.07) is 6.27. The molecule has 0 spiro atoms. The largest absolute Gasteiger partial charge is 0.493 e. The highest BCUT2D eigenvalue weighted by Gasteiger charge is 2.14. The lowest BCUT2D eigenvalue weighted by Gasteiger charge is -2.32. The molecule has 1 fully saturated rings. The Morgan fingerprint density at radius 3 is 2.50 bits per heavy atom. The van der Waals surface area contributed by atoms with Gasteiger partial charge in [0.25, 0.3) is 0 Å². The fourth-order valence-corrected chi connectivity index (χ4v) is 2.41. The van der Waals surface area contributed by atoms with Gasteiger partial charge in [-0.25, -0.2) is 0 Å². The van der Waals surface area contributed by atoms with Crippen molar-refractivity contribution in [2.45, 2.75) is 19.9 Å². The van der Waals surface area contributed by atoms with Crippen LogP contribution in [0.3, 0.4) is 0 Å². The van der Waals surface area contributed by atoms with E-state index in [1.54, 1.807) is 7.11 Å². The molecule has 0 radical (unpaired) electrons. The Kier molecular flexibility index (Phi) is 5.68. The molecule has 0 amide bonds. The van der Waals surface area contributed by atoms with E-state index in [1.165, 1.54) is 5.56 Å². The summed E-state index contributed by atoms with van der Waals surface area (Å²) in [7, 11) is 3.88. The zero-order valence-corrected chi connectivity index (χ0v) is 12.9. The molecule has 1 aromatic rings. The Morgan fingerprint density at radius 2 is 1.85 bits per heavy atom. The van der Waals surface area contributed by atoms with Gasteiger partial charge in [0.05, 0.1) is 13.7 Å². The molecule has 2 rings (SSSR count). The Bertz CT molecular complexity index is 415. The van der Waals surface area contributed by atoms with Crippen molar-refractivity contribution in [2.75, 3.05) is 46.9 Å². The fourth-order valence-electron chi connectivity index (χ4n) is 2.41. The van der Waals surface area contributed by atoms with Crippen LogP contribution in [0.5, 0.6) is 11.5 Å². The van der Waals surface area contributed by atoms with Gasteiger partial charge in [0.15, 0.2) is 11.5 Å². The average Bonchev–Trinajstić information content (AvgIpc) is 2.48. The highest BCUT2D eigenvalue weighted by atomic mass is 16.5. The third kappa shape index (κ3) is 4.12. The maximum absolute atomic E-state index is 5.69. The van der Waals surface area contributed by atoms with Crippen molar-refractivity contribution >= 4 is 0 Å². The maximum Gasteiger partial charge on any atom is 0.161 e. The van der Waals surface area contributed by atoms with Crippen molar-refractivity contribution in [3.05, 3.63) is 23.8 Å². The van der Waals surface area contributed by atoms with Gasteiger partial charge in [-0.15, -0.1) is 0 Å². The Morgan fingerprint density at radius 1 is 1.10 bits per heavy atom. The van der Waals surface area contributed by atoms with Crippen LogP contribution in [0.2, 0.25) is 0 Å². The molecule has 0 aromatic heterocycles.